The van der Waals surface area contributed by atoms with Gasteiger partial charge in [-0.3, -0.25) is 0 Å². The van der Waals surface area contributed by atoms with E-state index in [9.17, 15) is 21.6 Å². The zero-order valence-electron chi connectivity index (χ0n) is 9.24. The zero-order valence-corrected chi connectivity index (χ0v) is 10.1. The molecule has 100 valence electrons. The van der Waals surface area contributed by atoms with Crippen molar-refractivity contribution < 1.29 is 21.6 Å². The molecule has 4 nitrogen and oxygen atoms in total. The molecule has 1 aromatic rings. The average Bonchev–Trinajstić information content (AvgIpc) is 2.82. The minimum absolute atomic E-state index is 0.148. The molecule has 0 saturated carbocycles. The van der Waals surface area contributed by atoms with Gasteiger partial charge in [0.15, 0.2) is 0 Å². The quantitative estimate of drug-likeness (QED) is 0.895. The van der Waals surface area contributed by atoms with Crippen LogP contribution in [0.2, 0.25) is 0 Å². The van der Waals surface area contributed by atoms with Gasteiger partial charge in [-0.2, -0.15) is 13.2 Å². The first-order chi connectivity index (χ1) is 8.32. The van der Waals surface area contributed by atoms with Gasteiger partial charge in [0.2, 0.25) is 0 Å². The van der Waals surface area contributed by atoms with Crippen LogP contribution in [0.15, 0.2) is 29.2 Å². The van der Waals surface area contributed by atoms with Gasteiger partial charge in [-0.15, -0.1) is 4.41 Å². The van der Waals surface area contributed by atoms with Gasteiger partial charge >= 0.3 is 6.18 Å². The highest BCUT2D eigenvalue weighted by Gasteiger charge is 2.32. The van der Waals surface area contributed by atoms with Crippen molar-refractivity contribution >= 4 is 10.0 Å². The number of hydrazine groups is 1. The number of alkyl halides is 3. The summed E-state index contributed by atoms with van der Waals surface area (Å²) >= 11 is 0. The second-order valence-electron chi connectivity index (χ2n) is 3.86. The molecule has 1 heterocycles. The molecule has 1 aromatic carbocycles. The van der Waals surface area contributed by atoms with Crippen LogP contribution in [0.1, 0.15) is 12.0 Å². The molecule has 1 aliphatic rings. The lowest BCUT2D eigenvalue weighted by Gasteiger charge is -2.16. The summed E-state index contributed by atoms with van der Waals surface area (Å²) < 4.78 is 62.0. The number of hydrogen-bond donors (Lipinski definition) is 1. The van der Waals surface area contributed by atoms with Crippen molar-refractivity contribution in [2.24, 2.45) is 0 Å². The molecule has 1 aliphatic heterocycles. The summed E-state index contributed by atoms with van der Waals surface area (Å²) in [4.78, 5) is -0.148. The Morgan fingerprint density at radius 2 is 1.78 bits per heavy atom. The molecule has 0 aromatic heterocycles. The summed E-state index contributed by atoms with van der Waals surface area (Å²) in [6.45, 7) is 0.864. The van der Waals surface area contributed by atoms with Gasteiger partial charge < -0.3 is 0 Å². The van der Waals surface area contributed by atoms with Crippen LogP contribution in [0, 0.1) is 0 Å². The standard InChI is InChI=1S/C10H11F3N2O2S/c11-10(12,13)8-2-4-9(5-3-8)18(16,17)15-7-1-6-14-15/h2-5,14H,1,6-7H2. The first-order valence-corrected chi connectivity index (χ1v) is 6.69. The smallest absolute Gasteiger partial charge is 0.241 e. The number of rotatable bonds is 2. The summed E-state index contributed by atoms with van der Waals surface area (Å²) in [6.07, 6.45) is -3.78. The molecule has 0 bridgehead atoms. The SMILES string of the molecule is O=S(=O)(c1ccc(C(F)(F)F)cc1)N1CCCN1. The van der Waals surface area contributed by atoms with Crippen LogP contribution in [0.3, 0.4) is 0 Å². The van der Waals surface area contributed by atoms with Gasteiger partial charge in [0.1, 0.15) is 0 Å². The maximum Gasteiger partial charge on any atom is 0.416 e. The molecule has 0 unspecified atom stereocenters. The first kappa shape index (κ1) is 13.3. The average molecular weight is 280 g/mol. The maximum atomic E-state index is 12.3. The minimum atomic E-state index is -4.46. The second-order valence-corrected chi connectivity index (χ2v) is 5.72. The predicted molar refractivity (Wildman–Crippen MR) is 58.0 cm³/mol. The third kappa shape index (κ3) is 2.50. The molecule has 8 heteroatoms. The number of hydrogen-bond acceptors (Lipinski definition) is 3. The number of halogens is 3. The molecule has 1 N–H and O–H groups in total. The molecule has 0 amide bonds. The lowest BCUT2D eigenvalue weighted by molar-refractivity contribution is -0.137. The van der Waals surface area contributed by atoms with Gasteiger partial charge in [0.05, 0.1) is 10.5 Å². The third-order valence-electron chi connectivity index (χ3n) is 2.60. The van der Waals surface area contributed by atoms with Gasteiger partial charge in [-0.1, -0.05) is 0 Å². The van der Waals surface area contributed by atoms with Crippen molar-refractivity contribution in [2.75, 3.05) is 13.1 Å². The molecule has 0 radical (unpaired) electrons. The Kier molecular flexibility index (Phi) is 3.35. The van der Waals surface area contributed by atoms with E-state index in [1.165, 1.54) is 0 Å². The Morgan fingerprint density at radius 3 is 2.22 bits per heavy atom. The number of nitrogens with one attached hydrogen (secondary N) is 1. The van der Waals surface area contributed by atoms with Crippen molar-refractivity contribution in [1.29, 1.82) is 0 Å². The lowest BCUT2D eigenvalue weighted by Crippen LogP contribution is -2.36. The fourth-order valence-corrected chi connectivity index (χ4v) is 3.02. The van der Waals surface area contributed by atoms with E-state index >= 15 is 0 Å². The molecular weight excluding hydrogens is 269 g/mol. The van der Waals surface area contributed by atoms with Crippen molar-refractivity contribution in [2.45, 2.75) is 17.5 Å². The summed E-state index contributed by atoms with van der Waals surface area (Å²) in [5.41, 5.74) is 1.80. The predicted octanol–water partition coefficient (Wildman–Crippen LogP) is 1.60. The van der Waals surface area contributed by atoms with Crippen LogP contribution in [0.5, 0.6) is 0 Å². The van der Waals surface area contributed by atoms with E-state index in [-0.39, 0.29) is 4.90 Å². The van der Waals surface area contributed by atoms with Crippen LogP contribution >= 0.6 is 0 Å². The molecule has 1 fully saturated rings. The Morgan fingerprint density at radius 1 is 1.17 bits per heavy atom. The Balaban J connectivity index is 2.29. The van der Waals surface area contributed by atoms with Gasteiger partial charge in [0, 0.05) is 13.1 Å². The van der Waals surface area contributed by atoms with Gasteiger partial charge in [-0.05, 0) is 30.7 Å². The monoisotopic (exact) mass is 280 g/mol. The highest BCUT2D eigenvalue weighted by molar-refractivity contribution is 7.89. The normalized spacial score (nSPS) is 18.2. The van der Waals surface area contributed by atoms with E-state index < -0.39 is 21.8 Å². The van der Waals surface area contributed by atoms with Crippen molar-refractivity contribution in [1.82, 2.24) is 9.84 Å². The van der Waals surface area contributed by atoms with Crippen LogP contribution in [-0.2, 0) is 16.2 Å². The Bertz CT molecular complexity index is 519. The topological polar surface area (TPSA) is 49.4 Å². The fourth-order valence-electron chi connectivity index (χ4n) is 1.65. The van der Waals surface area contributed by atoms with E-state index in [1.54, 1.807) is 0 Å². The van der Waals surface area contributed by atoms with Crippen LogP contribution in [0.25, 0.3) is 0 Å². The Hall–Kier alpha value is -1.12. The summed E-state index contributed by atoms with van der Waals surface area (Å²) in [5, 5.41) is 0. The van der Waals surface area contributed by atoms with Crippen molar-refractivity contribution in [3.63, 3.8) is 0 Å². The van der Waals surface area contributed by atoms with E-state index in [0.29, 0.717) is 19.5 Å². The van der Waals surface area contributed by atoms with Gasteiger partial charge in [0.25, 0.3) is 10.0 Å². The summed E-state index contributed by atoms with van der Waals surface area (Å²) in [6, 6.07) is 3.47. The third-order valence-corrected chi connectivity index (χ3v) is 4.36. The van der Waals surface area contributed by atoms with Gasteiger partial charge in [-0.25, -0.2) is 13.8 Å². The van der Waals surface area contributed by atoms with Crippen molar-refractivity contribution in [3.05, 3.63) is 29.8 Å². The molecule has 1 saturated heterocycles. The highest BCUT2D eigenvalue weighted by atomic mass is 32.2. The zero-order chi connectivity index (χ0) is 13.4. The number of nitrogens with zero attached hydrogens (tertiary/aromatic N) is 1. The first-order valence-electron chi connectivity index (χ1n) is 5.25. The summed E-state index contributed by atoms with van der Waals surface area (Å²) in [5.74, 6) is 0. The van der Waals surface area contributed by atoms with E-state index in [2.05, 4.69) is 5.43 Å². The highest BCUT2D eigenvalue weighted by Crippen LogP contribution is 2.30. The molecule has 18 heavy (non-hydrogen) atoms. The number of benzene rings is 1. The van der Waals surface area contributed by atoms with E-state index in [4.69, 9.17) is 0 Å². The lowest BCUT2D eigenvalue weighted by atomic mass is 10.2. The fraction of sp³-hybridized carbons (Fsp3) is 0.400. The van der Waals surface area contributed by atoms with E-state index in [0.717, 1.165) is 28.7 Å². The van der Waals surface area contributed by atoms with Crippen LogP contribution in [-0.4, -0.2) is 25.9 Å². The molecule has 0 atom stereocenters. The van der Waals surface area contributed by atoms with Crippen LogP contribution < -0.4 is 5.43 Å². The molecule has 0 spiro atoms. The second kappa shape index (κ2) is 4.52. The maximum absolute atomic E-state index is 12.3. The minimum Gasteiger partial charge on any atom is -0.241 e. The Labute approximate surface area is 102 Å². The molecular formula is C10H11F3N2O2S. The molecule has 2 rings (SSSR count). The number of sulfonamides is 1. The summed E-state index contributed by atoms with van der Waals surface area (Å²) in [7, 11) is -3.75. The van der Waals surface area contributed by atoms with Crippen molar-refractivity contribution in [3.8, 4) is 0 Å². The van der Waals surface area contributed by atoms with Crippen LogP contribution in [0.4, 0.5) is 13.2 Å². The van der Waals surface area contributed by atoms with E-state index in [1.807, 2.05) is 0 Å². The molecule has 0 aliphatic carbocycles. The largest absolute Gasteiger partial charge is 0.416 e.